The van der Waals surface area contributed by atoms with E-state index in [0.29, 0.717) is 26.4 Å². The average Bonchev–Trinajstić information content (AvgIpc) is 3.64. The van der Waals surface area contributed by atoms with Crippen LogP contribution in [0.2, 0.25) is 0 Å². The van der Waals surface area contributed by atoms with E-state index in [9.17, 15) is 9.59 Å². The monoisotopic (exact) mass is 508 g/mol. The molecule has 0 saturated carbocycles. The van der Waals surface area contributed by atoms with Crippen molar-refractivity contribution in [1.82, 2.24) is 0 Å². The van der Waals surface area contributed by atoms with E-state index in [1.54, 1.807) is 0 Å². The minimum Gasteiger partial charge on any atom is -0.430 e. The molecule has 0 aliphatic carbocycles. The van der Waals surface area contributed by atoms with Gasteiger partial charge in [0.2, 0.25) is 0 Å². The predicted octanol–water partition coefficient (Wildman–Crippen LogP) is -0.144. The van der Waals surface area contributed by atoms with Crippen molar-refractivity contribution in [2.75, 3.05) is 92.9 Å². The summed E-state index contributed by atoms with van der Waals surface area (Å²) in [6, 6.07) is 0. The highest BCUT2D eigenvalue weighted by Gasteiger charge is 2.36. The fourth-order valence-electron chi connectivity index (χ4n) is 3.71. The predicted molar refractivity (Wildman–Crippen MR) is 110 cm³/mol. The van der Waals surface area contributed by atoms with Gasteiger partial charge in [0.15, 0.2) is 12.2 Å². The molecule has 0 amide bonds. The zero-order valence-corrected chi connectivity index (χ0v) is 19.4. The normalized spacial score (nSPS) is 30.1. The molecule has 200 valence electrons. The second-order valence-electron chi connectivity index (χ2n) is 8.72. The van der Waals surface area contributed by atoms with Crippen molar-refractivity contribution < 1.29 is 66.4 Å². The van der Waals surface area contributed by atoms with E-state index >= 15 is 0 Å². The molecule has 4 heterocycles. The van der Waals surface area contributed by atoms with Gasteiger partial charge in [-0.05, 0) is 0 Å². The molecular weight excluding hydrogens is 476 g/mol. The Morgan fingerprint density at radius 1 is 0.600 bits per heavy atom. The van der Waals surface area contributed by atoms with Crippen molar-refractivity contribution in [3.8, 4) is 0 Å². The van der Waals surface area contributed by atoms with Gasteiger partial charge in [-0.25, -0.2) is 9.59 Å². The maximum atomic E-state index is 11.2. The smallest absolute Gasteiger partial charge is 0.430 e. The molecular formula is C21H32O14. The molecule has 4 fully saturated rings. The fraction of sp³-hybridized carbons (Fsp3) is 0.905. The number of cyclic esters (lactones) is 4. The first kappa shape index (κ1) is 26.3. The molecule has 35 heavy (non-hydrogen) atoms. The molecule has 14 heteroatoms. The third kappa shape index (κ3) is 8.68. The van der Waals surface area contributed by atoms with Crippen molar-refractivity contribution in [3.63, 3.8) is 0 Å². The highest BCUT2D eigenvalue weighted by atomic mass is 16.8. The third-order valence-corrected chi connectivity index (χ3v) is 5.53. The van der Waals surface area contributed by atoms with Crippen molar-refractivity contribution in [3.05, 3.63) is 0 Å². The lowest BCUT2D eigenvalue weighted by molar-refractivity contribution is -0.130. The minimum atomic E-state index is -0.744. The maximum absolute atomic E-state index is 11.2. The SMILES string of the molecule is O=C1OCC(COCC(COCC2COCO2)(COCC2COCO2)COCC2COC(=O)O2)O1. The lowest BCUT2D eigenvalue weighted by Crippen LogP contribution is -2.44. The molecule has 0 radical (unpaired) electrons. The summed E-state index contributed by atoms with van der Waals surface area (Å²) in [5.41, 5.74) is -0.744. The van der Waals surface area contributed by atoms with Gasteiger partial charge in [0, 0.05) is 0 Å². The van der Waals surface area contributed by atoms with Crippen molar-refractivity contribution in [2.45, 2.75) is 24.4 Å². The fourth-order valence-corrected chi connectivity index (χ4v) is 3.71. The van der Waals surface area contributed by atoms with Crippen LogP contribution in [0.1, 0.15) is 0 Å². The highest BCUT2D eigenvalue weighted by molar-refractivity contribution is 5.62. The number of hydrogen-bond acceptors (Lipinski definition) is 14. The Hall–Kier alpha value is -1.78. The lowest BCUT2D eigenvalue weighted by Gasteiger charge is -2.34. The van der Waals surface area contributed by atoms with Gasteiger partial charge < -0.3 is 56.8 Å². The first-order valence-corrected chi connectivity index (χ1v) is 11.5. The average molecular weight is 508 g/mol. The number of hydrogen-bond donors (Lipinski definition) is 0. The molecule has 4 atom stereocenters. The van der Waals surface area contributed by atoms with E-state index in [1.165, 1.54) is 0 Å². The standard InChI is InChI=1S/C21H32O14/c22-19-30-7-17(34-19)5-26-11-21(9-24-1-15-3-28-13-32-15,10-25-2-16-4-29-14-33-16)12-27-6-18-8-31-20(23)35-18/h15-18H,1-14H2. The Bertz CT molecular complexity index is 606. The minimum absolute atomic E-state index is 0.125. The molecule has 0 aromatic heterocycles. The van der Waals surface area contributed by atoms with E-state index in [-0.39, 0.29) is 78.6 Å². The van der Waals surface area contributed by atoms with Crippen molar-refractivity contribution in [1.29, 1.82) is 0 Å². The summed E-state index contributed by atoms with van der Waals surface area (Å²) in [6.07, 6.45) is -2.75. The molecule has 4 saturated heterocycles. The summed E-state index contributed by atoms with van der Waals surface area (Å²) < 4.78 is 64.7. The maximum Gasteiger partial charge on any atom is 0.508 e. The summed E-state index contributed by atoms with van der Waals surface area (Å²) in [5.74, 6) is 0. The Morgan fingerprint density at radius 3 is 1.31 bits per heavy atom. The first-order chi connectivity index (χ1) is 17.1. The van der Waals surface area contributed by atoms with Gasteiger partial charge in [0.05, 0.1) is 71.5 Å². The van der Waals surface area contributed by atoms with Gasteiger partial charge in [0.1, 0.15) is 39.0 Å². The van der Waals surface area contributed by atoms with Crippen LogP contribution in [0.4, 0.5) is 9.59 Å². The van der Waals surface area contributed by atoms with Crippen LogP contribution in [0, 0.1) is 5.41 Å². The van der Waals surface area contributed by atoms with E-state index < -0.39 is 29.9 Å². The van der Waals surface area contributed by atoms with Crippen LogP contribution >= 0.6 is 0 Å². The van der Waals surface area contributed by atoms with E-state index in [2.05, 4.69) is 0 Å². The Morgan fingerprint density at radius 2 is 1.00 bits per heavy atom. The molecule has 4 rings (SSSR count). The van der Waals surface area contributed by atoms with Gasteiger partial charge >= 0.3 is 12.3 Å². The molecule has 4 aliphatic heterocycles. The topological polar surface area (TPSA) is 145 Å². The van der Waals surface area contributed by atoms with Gasteiger partial charge in [-0.1, -0.05) is 0 Å². The Balaban J connectivity index is 1.33. The summed E-state index contributed by atoms with van der Waals surface area (Å²) >= 11 is 0. The summed E-state index contributed by atoms with van der Waals surface area (Å²) in [6.45, 7) is 3.34. The molecule has 4 unspecified atom stereocenters. The zero-order valence-electron chi connectivity index (χ0n) is 19.4. The first-order valence-electron chi connectivity index (χ1n) is 11.5. The third-order valence-electron chi connectivity index (χ3n) is 5.53. The molecule has 0 N–H and O–H groups in total. The number of carbonyl (C=O) groups excluding carboxylic acids is 2. The summed E-state index contributed by atoms with van der Waals surface area (Å²) in [5, 5.41) is 0. The van der Waals surface area contributed by atoms with Gasteiger partial charge in [-0.3, -0.25) is 0 Å². The number of ether oxygens (including phenoxy) is 12. The van der Waals surface area contributed by atoms with Crippen LogP contribution in [0.15, 0.2) is 0 Å². The van der Waals surface area contributed by atoms with Crippen LogP contribution in [-0.4, -0.2) is 130 Å². The summed E-state index contributed by atoms with van der Waals surface area (Å²) in [7, 11) is 0. The molecule has 0 aromatic rings. The second-order valence-corrected chi connectivity index (χ2v) is 8.72. The number of rotatable bonds is 16. The van der Waals surface area contributed by atoms with E-state index in [0.717, 1.165) is 0 Å². The Labute approximate surface area is 202 Å². The quantitative estimate of drug-likeness (QED) is 0.255. The van der Waals surface area contributed by atoms with Gasteiger partial charge in [-0.2, -0.15) is 0 Å². The van der Waals surface area contributed by atoms with Crippen LogP contribution < -0.4 is 0 Å². The summed E-state index contributed by atoms with van der Waals surface area (Å²) in [4.78, 5) is 22.4. The molecule has 4 aliphatic rings. The van der Waals surface area contributed by atoms with Crippen molar-refractivity contribution in [2.24, 2.45) is 5.41 Å². The second kappa shape index (κ2) is 13.5. The van der Waals surface area contributed by atoms with Crippen LogP contribution in [0.25, 0.3) is 0 Å². The molecule has 14 nitrogen and oxygen atoms in total. The number of carbonyl (C=O) groups is 2. The van der Waals surface area contributed by atoms with Gasteiger partial charge in [0.25, 0.3) is 0 Å². The largest absolute Gasteiger partial charge is 0.508 e. The molecule has 0 bridgehead atoms. The van der Waals surface area contributed by atoms with Crippen molar-refractivity contribution >= 4 is 12.3 Å². The highest BCUT2D eigenvalue weighted by Crippen LogP contribution is 2.23. The molecule has 0 spiro atoms. The Kier molecular flexibility index (Phi) is 10.1. The lowest BCUT2D eigenvalue weighted by atomic mass is 9.92. The van der Waals surface area contributed by atoms with E-state index in [4.69, 9.17) is 56.8 Å². The van der Waals surface area contributed by atoms with Crippen LogP contribution in [0.5, 0.6) is 0 Å². The van der Waals surface area contributed by atoms with Crippen LogP contribution in [0.3, 0.4) is 0 Å². The molecule has 0 aromatic carbocycles. The zero-order chi connectivity index (χ0) is 24.3. The van der Waals surface area contributed by atoms with E-state index in [1.807, 2.05) is 0 Å². The van der Waals surface area contributed by atoms with Crippen LogP contribution in [-0.2, 0) is 56.8 Å². The van der Waals surface area contributed by atoms with Gasteiger partial charge in [-0.15, -0.1) is 0 Å².